The van der Waals surface area contributed by atoms with Crippen molar-refractivity contribution in [2.75, 3.05) is 18.2 Å². The van der Waals surface area contributed by atoms with Crippen LogP contribution in [0.2, 0.25) is 0 Å². The molecule has 0 aromatic heterocycles. The number of hydrogen-bond donors (Lipinski definition) is 1. The Balaban J connectivity index is 0.000000257. The fourth-order valence-electron chi connectivity index (χ4n) is 1.60. The van der Waals surface area contributed by atoms with Crippen molar-refractivity contribution in [2.45, 2.75) is 14.7 Å². The van der Waals surface area contributed by atoms with Crippen molar-refractivity contribution in [1.82, 2.24) is 0 Å². The van der Waals surface area contributed by atoms with Crippen LogP contribution in [0.3, 0.4) is 0 Å². The van der Waals surface area contributed by atoms with Crippen LogP contribution in [0, 0.1) is 0 Å². The molecule has 2 aromatic carbocycles. The van der Waals surface area contributed by atoms with Gasteiger partial charge in [-0.1, -0.05) is 12.1 Å². The van der Waals surface area contributed by atoms with E-state index < -0.39 is 28.7 Å². The Morgan fingerprint density at radius 1 is 0.720 bits per heavy atom. The van der Waals surface area contributed by atoms with Crippen LogP contribution in [0.4, 0.5) is 5.69 Å². The van der Waals surface area contributed by atoms with Gasteiger partial charge in [0.25, 0.3) is 9.05 Å². The summed E-state index contributed by atoms with van der Waals surface area (Å²) in [6.07, 6.45) is 2.15. The maximum Gasteiger partial charge on any atom is 0.261 e. The van der Waals surface area contributed by atoms with E-state index in [4.69, 9.17) is 16.4 Å². The van der Waals surface area contributed by atoms with Crippen molar-refractivity contribution >= 4 is 45.1 Å². The number of sulfone groups is 2. The SMILES string of the molecule is CS(=O)(=O)c1cccc(N)c1.CS(=O)(=O)c1cccc(S(=O)(=O)Cl)c1. The molecule has 138 valence electrons. The van der Waals surface area contributed by atoms with Crippen molar-refractivity contribution in [3.05, 3.63) is 48.5 Å². The molecule has 7 nitrogen and oxygen atoms in total. The number of benzene rings is 2. The normalized spacial score (nSPS) is 12.1. The van der Waals surface area contributed by atoms with Crippen molar-refractivity contribution in [3.63, 3.8) is 0 Å². The second-order valence-electron chi connectivity index (χ2n) is 5.03. The van der Waals surface area contributed by atoms with Gasteiger partial charge in [-0.25, -0.2) is 25.3 Å². The smallest absolute Gasteiger partial charge is 0.261 e. The highest BCUT2D eigenvalue weighted by molar-refractivity contribution is 8.13. The van der Waals surface area contributed by atoms with Gasteiger partial charge in [0.15, 0.2) is 19.7 Å². The largest absolute Gasteiger partial charge is 0.399 e. The highest BCUT2D eigenvalue weighted by Gasteiger charge is 2.14. The van der Waals surface area contributed by atoms with Gasteiger partial charge >= 0.3 is 0 Å². The molecule has 0 amide bonds. The summed E-state index contributed by atoms with van der Waals surface area (Å²) < 4.78 is 65.8. The summed E-state index contributed by atoms with van der Waals surface area (Å²) in [6.45, 7) is 0. The summed E-state index contributed by atoms with van der Waals surface area (Å²) in [7, 11) is -5.33. The minimum absolute atomic E-state index is 0.0702. The number of hydrogen-bond acceptors (Lipinski definition) is 7. The summed E-state index contributed by atoms with van der Waals surface area (Å²) in [5.74, 6) is 0. The number of anilines is 1. The van der Waals surface area contributed by atoms with Gasteiger partial charge in [-0.2, -0.15) is 0 Å². The first-order valence-electron chi connectivity index (χ1n) is 6.51. The number of nitrogen functional groups attached to an aromatic ring is 1. The molecule has 0 radical (unpaired) electrons. The molecule has 0 saturated carbocycles. The monoisotopic (exact) mass is 425 g/mol. The molecule has 0 fully saturated rings. The molecule has 0 atom stereocenters. The van der Waals surface area contributed by atoms with E-state index in [9.17, 15) is 25.3 Å². The van der Waals surface area contributed by atoms with Gasteiger partial charge in [0.2, 0.25) is 0 Å². The molecule has 0 aliphatic heterocycles. The molecule has 0 heterocycles. The molecular weight excluding hydrogens is 410 g/mol. The van der Waals surface area contributed by atoms with Crippen LogP contribution in [0.25, 0.3) is 0 Å². The maximum atomic E-state index is 11.1. The third-order valence-electron chi connectivity index (χ3n) is 2.80. The quantitative estimate of drug-likeness (QED) is 0.585. The molecular formula is C14H16ClNO6S3. The van der Waals surface area contributed by atoms with Crippen LogP contribution in [-0.2, 0) is 28.7 Å². The Morgan fingerprint density at radius 3 is 1.48 bits per heavy atom. The Hall–Kier alpha value is -1.62. The molecule has 0 aliphatic carbocycles. The lowest BCUT2D eigenvalue weighted by atomic mass is 10.3. The van der Waals surface area contributed by atoms with Crippen LogP contribution in [0.1, 0.15) is 0 Å². The van der Waals surface area contributed by atoms with Crippen molar-refractivity contribution in [1.29, 1.82) is 0 Å². The van der Waals surface area contributed by atoms with E-state index in [1.807, 2.05) is 0 Å². The van der Waals surface area contributed by atoms with Crippen LogP contribution in [0.5, 0.6) is 0 Å². The zero-order valence-corrected chi connectivity index (χ0v) is 16.5. The molecule has 0 unspecified atom stereocenters. The molecule has 2 N–H and O–H groups in total. The topological polar surface area (TPSA) is 128 Å². The summed E-state index contributed by atoms with van der Waals surface area (Å²) in [5.41, 5.74) is 5.86. The molecule has 0 spiro atoms. The molecule has 2 rings (SSSR count). The Morgan fingerprint density at radius 2 is 1.12 bits per heavy atom. The lowest BCUT2D eigenvalue weighted by Crippen LogP contribution is -1.99. The van der Waals surface area contributed by atoms with Crippen molar-refractivity contribution < 1.29 is 25.3 Å². The molecule has 2 aromatic rings. The first-order valence-corrected chi connectivity index (χ1v) is 12.6. The standard InChI is InChI=1S/C7H7ClO4S2.C7H9NO2S/c1-13(9,10)6-3-2-4-7(5-6)14(8,11)12;1-11(9,10)7-4-2-3-6(8)5-7/h2-5H,1H3;2-5H,8H2,1H3. The number of rotatable bonds is 3. The zero-order chi connectivity index (χ0) is 19.5. The molecule has 0 aliphatic rings. The third kappa shape index (κ3) is 7.02. The number of halogens is 1. The van der Waals surface area contributed by atoms with Gasteiger partial charge < -0.3 is 5.73 Å². The van der Waals surface area contributed by atoms with E-state index in [0.29, 0.717) is 5.69 Å². The van der Waals surface area contributed by atoms with E-state index in [-0.39, 0.29) is 14.7 Å². The van der Waals surface area contributed by atoms with Gasteiger partial charge in [0.1, 0.15) is 0 Å². The first kappa shape index (κ1) is 21.4. The molecule has 0 saturated heterocycles. The zero-order valence-electron chi connectivity index (χ0n) is 13.2. The molecule has 11 heteroatoms. The van der Waals surface area contributed by atoms with Crippen molar-refractivity contribution in [2.24, 2.45) is 0 Å². The highest BCUT2D eigenvalue weighted by atomic mass is 35.7. The summed E-state index contributed by atoms with van der Waals surface area (Å²) >= 11 is 0. The van der Waals surface area contributed by atoms with Crippen LogP contribution < -0.4 is 5.73 Å². The lowest BCUT2D eigenvalue weighted by Gasteiger charge is -1.99. The summed E-state index contributed by atoms with van der Waals surface area (Å²) in [5, 5.41) is 0. The average Bonchev–Trinajstić information content (AvgIpc) is 2.45. The van der Waals surface area contributed by atoms with Gasteiger partial charge in [-0.3, -0.25) is 0 Å². The molecule has 0 bridgehead atoms. The Kier molecular flexibility index (Phi) is 6.62. The summed E-state index contributed by atoms with van der Waals surface area (Å²) in [4.78, 5) is -0.0289. The Labute approximate surface area is 151 Å². The Bertz CT molecular complexity index is 1030. The molecule has 25 heavy (non-hydrogen) atoms. The maximum absolute atomic E-state index is 11.1. The highest BCUT2D eigenvalue weighted by Crippen LogP contribution is 2.18. The van der Waals surface area contributed by atoms with Crippen LogP contribution >= 0.6 is 10.7 Å². The van der Waals surface area contributed by atoms with E-state index >= 15 is 0 Å². The second kappa shape index (κ2) is 7.73. The van der Waals surface area contributed by atoms with Crippen LogP contribution in [0.15, 0.2) is 63.2 Å². The fraction of sp³-hybridized carbons (Fsp3) is 0.143. The summed E-state index contributed by atoms with van der Waals surface area (Å²) in [6, 6.07) is 11.1. The first-order chi connectivity index (χ1) is 11.2. The lowest BCUT2D eigenvalue weighted by molar-refractivity contribution is 0.599. The number of nitrogens with two attached hydrogens (primary N) is 1. The third-order valence-corrected chi connectivity index (χ3v) is 6.37. The van der Waals surface area contributed by atoms with Gasteiger partial charge in [0, 0.05) is 28.9 Å². The minimum Gasteiger partial charge on any atom is -0.399 e. The second-order valence-corrected chi connectivity index (χ2v) is 11.6. The van der Waals surface area contributed by atoms with E-state index in [1.165, 1.54) is 30.3 Å². The van der Waals surface area contributed by atoms with Gasteiger partial charge in [-0.05, 0) is 36.4 Å². The predicted molar refractivity (Wildman–Crippen MR) is 96.6 cm³/mol. The van der Waals surface area contributed by atoms with E-state index in [1.54, 1.807) is 12.1 Å². The van der Waals surface area contributed by atoms with Crippen molar-refractivity contribution in [3.8, 4) is 0 Å². The van der Waals surface area contributed by atoms with E-state index in [0.717, 1.165) is 18.6 Å². The van der Waals surface area contributed by atoms with E-state index in [2.05, 4.69) is 0 Å². The minimum atomic E-state index is -3.88. The van der Waals surface area contributed by atoms with Gasteiger partial charge in [0.05, 0.1) is 14.7 Å². The van der Waals surface area contributed by atoms with Crippen LogP contribution in [-0.4, -0.2) is 37.8 Å². The van der Waals surface area contributed by atoms with Gasteiger partial charge in [-0.15, -0.1) is 0 Å². The average molecular weight is 426 g/mol. The predicted octanol–water partition coefficient (Wildman–Crippen LogP) is 1.69. The fourth-order valence-corrected chi connectivity index (χ4v) is 3.82.